The van der Waals surface area contributed by atoms with Crippen molar-refractivity contribution < 1.29 is 4.79 Å². The van der Waals surface area contributed by atoms with Gasteiger partial charge in [-0.15, -0.1) is 0 Å². The molecule has 1 saturated heterocycles. The van der Waals surface area contributed by atoms with Crippen LogP contribution >= 0.6 is 0 Å². The molecule has 0 aromatic rings. The second kappa shape index (κ2) is 3.80. The van der Waals surface area contributed by atoms with Crippen molar-refractivity contribution in [2.24, 2.45) is 11.3 Å². The average molecular weight is 211 g/mol. The summed E-state index contributed by atoms with van der Waals surface area (Å²) in [4.78, 5) is 14.0. The lowest BCUT2D eigenvalue weighted by Gasteiger charge is -2.44. The van der Waals surface area contributed by atoms with Crippen molar-refractivity contribution in [3.05, 3.63) is 0 Å². The highest BCUT2D eigenvalue weighted by Gasteiger charge is 2.36. The molecule has 1 fully saturated rings. The largest absolute Gasteiger partial charge is 0.338 e. The minimum Gasteiger partial charge on any atom is -0.338 e. The fraction of sp³-hybridized carbons (Fsp3) is 0.923. The molecule has 88 valence electrons. The standard InChI is InChI=1S/C13H25NO/c1-12(2,3)10-7-8-14(11(15)9-10)13(4,5)6/h10H,7-9H2,1-6H3. The van der Waals surface area contributed by atoms with Gasteiger partial charge in [0.15, 0.2) is 0 Å². The molecule has 2 nitrogen and oxygen atoms in total. The highest BCUT2D eigenvalue weighted by atomic mass is 16.2. The van der Waals surface area contributed by atoms with Gasteiger partial charge in [0.2, 0.25) is 5.91 Å². The number of likely N-dealkylation sites (tertiary alicyclic amines) is 1. The van der Waals surface area contributed by atoms with Gasteiger partial charge in [-0.2, -0.15) is 0 Å². The Morgan fingerprint density at radius 1 is 1.13 bits per heavy atom. The predicted octanol–water partition coefficient (Wildman–Crippen LogP) is 3.07. The lowest BCUT2D eigenvalue weighted by atomic mass is 9.74. The van der Waals surface area contributed by atoms with E-state index in [9.17, 15) is 4.79 Å². The molecule has 0 aliphatic carbocycles. The fourth-order valence-electron chi connectivity index (χ4n) is 2.28. The Kier molecular flexibility index (Phi) is 3.18. The van der Waals surface area contributed by atoms with Crippen LogP contribution in [0.15, 0.2) is 0 Å². The van der Waals surface area contributed by atoms with Crippen LogP contribution in [0.2, 0.25) is 0 Å². The number of amides is 1. The summed E-state index contributed by atoms with van der Waals surface area (Å²) in [6.07, 6.45) is 1.87. The van der Waals surface area contributed by atoms with Crippen molar-refractivity contribution in [2.75, 3.05) is 6.54 Å². The minimum absolute atomic E-state index is 0.0140. The Bertz CT molecular complexity index is 244. The van der Waals surface area contributed by atoms with Crippen LogP contribution in [0.25, 0.3) is 0 Å². The summed E-state index contributed by atoms with van der Waals surface area (Å²) in [6.45, 7) is 14.0. The van der Waals surface area contributed by atoms with Gasteiger partial charge in [0, 0.05) is 18.5 Å². The lowest BCUT2D eigenvalue weighted by molar-refractivity contribution is -0.142. The van der Waals surface area contributed by atoms with E-state index < -0.39 is 0 Å². The first-order valence-corrected chi connectivity index (χ1v) is 5.93. The molecule has 0 spiro atoms. The molecule has 0 aromatic carbocycles. The van der Waals surface area contributed by atoms with Crippen LogP contribution in [0.1, 0.15) is 54.4 Å². The topological polar surface area (TPSA) is 20.3 Å². The second-order valence-electron chi connectivity index (χ2n) is 6.77. The van der Waals surface area contributed by atoms with Crippen LogP contribution in [0.4, 0.5) is 0 Å². The molecular weight excluding hydrogens is 186 g/mol. The molecular formula is C13H25NO. The second-order valence-corrected chi connectivity index (χ2v) is 6.77. The van der Waals surface area contributed by atoms with Gasteiger partial charge in [-0.25, -0.2) is 0 Å². The van der Waals surface area contributed by atoms with Gasteiger partial charge in [0.25, 0.3) is 0 Å². The molecule has 0 bridgehead atoms. The van der Waals surface area contributed by atoms with Gasteiger partial charge in [-0.3, -0.25) is 4.79 Å². The zero-order valence-corrected chi connectivity index (χ0v) is 11.1. The number of piperidine rings is 1. The van der Waals surface area contributed by atoms with Gasteiger partial charge in [-0.1, -0.05) is 20.8 Å². The fourth-order valence-corrected chi connectivity index (χ4v) is 2.28. The van der Waals surface area contributed by atoms with Crippen molar-refractivity contribution >= 4 is 5.91 Å². The molecule has 0 saturated carbocycles. The van der Waals surface area contributed by atoms with Gasteiger partial charge in [0.05, 0.1) is 0 Å². The molecule has 1 aliphatic heterocycles. The van der Waals surface area contributed by atoms with E-state index in [-0.39, 0.29) is 11.0 Å². The van der Waals surface area contributed by atoms with Crippen molar-refractivity contribution in [3.8, 4) is 0 Å². The number of hydrogen-bond acceptors (Lipinski definition) is 1. The Hall–Kier alpha value is -0.530. The Morgan fingerprint density at radius 3 is 2.00 bits per heavy atom. The molecule has 0 aromatic heterocycles. The van der Waals surface area contributed by atoms with E-state index in [4.69, 9.17) is 0 Å². The monoisotopic (exact) mass is 211 g/mol. The summed E-state index contributed by atoms with van der Waals surface area (Å²) in [5.74, 6) is 0.872. The summed E-state index contributed by atoms with van der Waals surface area (Å²) in [7, 11) is 0. The van der Waals surface area contributed by atoms with Crippen molar-refractivity contribution in [1.82, 2.24) is 4.90 Å². The van der Waals surface area contributed by atoms with Crippen LogP contribution in [0.3, 0.4) is 0 Å². The molecule has 0 radical (unpaired) electrons. The predicted molar refractivity (Wildman–Crippen MR) is 63.6 cm³/mol. The lowest BCUT2D eigenvalue weighted by Crippen LogP contribution is -2.51. The SMILES string of the molecule is CC(C)(C)C1CCN(C(C)(C)C)C(=O)C1. The minimum atomic E-state index is -0.0140. The molecule has 1 amide bonds. The maximum Gasteiger partial charge on any atom is 0.223 e. The molecule has 0 N–H and O–H groups in total. The first kappa shape index (κ1) is 12.5. The van der Waals surface area contributed by atoms with Crippen LogP contribution in [0, 0.1) is 11.3 Å². The zero-order chi connectivity index (χ0) is 11.9. The average Bonchev–Trinajstić information content (AvgIpc) is 1.99. The van der Waals surface area contributed by atoms with E-state index >= 15 is 0 Å². The summed E-state index contributed by atoms with van der Waals surface area (Å²) < 4.78 is 0. The molecule has 1 atom stereocenters. The maximum absolute atomic E-state index is 12.0. The summed E-state index contributed by atoms with van der Waals surface area (Å²) in [6, 6.07) is 0. The number of carbonyl (C=O) groups is 1. The number of nitrogens with zero attached hydrogens (tertiary/aromatic N) is 1. The molecule has 1 aliphatic rings. The van der Waals surface area contributed by atoms with E-state index in [1.807, 2.05) is 4.90 Å². The molecule has 1 rings (SSSR count). The third kappa shape index (κ3) is 2.96. The maximum atomic E-state index is 12.0. The van der Waals surface area contributed by atoms with Gasteiger partial charge >= 0.3 is 0 Å². The zero-order valence-electron chi connectivity index (χ0n) is 11.1. The normalized spacial score (nSPS) is 24.5. The third-order valence-electron chi connectivity index (χ3n) is 3.46. The summed E-state index contributed by atoms with van der Waals surface area (Å²) in [5, 5.41) is 0. The summed E-state index contributed by atoms with van der Waals surface area (Å²) >= 11 is 0. The number of carbonyl (C=O) groups excluding carboxylic acids is 1. The van der Waals surface area contributed by atoms with Crippen LogP contribution in [0.5, 0.6) is 0 Å². The van der Waals surface area contributed by atoms with Gasteiger partial charge < -0.3 is 4.90 Å². The first-order chi connectivity index (χ1) is 6.62. The highest BCUT2D eigenvalue weighted by molar-refractivity contribution is 5.78. The molecule has 15 heavy (non-hydrogen) atoms. The molecule has 1 unspecified atom stereocenters. The number of hydrogen-bond donors (Lipinski definition) is 0. The van der Waals surface area contributed by atoms with Crippen molar-refractivity contribution in [3.63, 3.8) is 0 Å². The van der Waals surface area contributed by atoms with Crippen LogP contribution < -0.4 is 0 Å². The van der Waals surface area contributed by atoms with E-state index in [0.29, 0.717) is 11.8 Å². The number of rotatable bonds is 0. The molecule has 2 heteroatoms. The Labute approximate surface area is 94.0 Å². The van der Waals surface area contributed by atoms with Crippen LogP contribution in [-0.2, 0) is 4.79 Å². The highest BCUT2D eigenvalue weighted by Crippen LogP contribution is 2.36. The van der Waals surface area contributed by atoms with Gasteiger partial charge in [-0.05, 0) is 38.5 Å². The quantitative estimate of drug-likeness (QED) is 0.603. The van der Waals surface area contributed by atoms with Crippen molar-refractivity contribution in [2.45, 2.75) is 59.9 Å². The smallest absolute Gasteiger partial charge is 0.223 e. The van der Waals surface area contributed by atoms with E-state index in [0.717, 1.165) is 19.4 Å². The first-order valence-electron chi connectivity index (χ1n) is 5.93. The Morgan fingerprint density at radius 2 is 1.67 bits per heavy atom. The Balaban J connectivity index is 2.68. The summed E-state index contributed by atoms with van der Waals surface area (Å²) in [5.41, 5.74) is 0.250. The molecule has 1 heterocycles. The van der Waals surface area contributed by atoms with E-state index in [1.54, 1.807) is 0 Å². The van der Waals surface area contributed by atoms with Crippen LogP contribution in [-0.4, -0.2) is 22.9 Å². The van der Waals surface area contributed by atoms with Crippen molar-refractivity contribution in [1.29, 1.82) is 0 Å². The van der Waals surface area contributed by atoms with E-state index in [2.05, 4.69) is 41.5 Å². The van der Waals surface area contributed by atoms with E-state index in [1.165, 1.54) is 0 Å². The van der Waals surface area contributed by atoms with Gasteiger partial charge in [0.1, 0.15) is 0 Å². The third-order valence-corrected chi connectivity index (χ3v) is 3.46.